The van der Waals surface area contributed by atoms with Crippen molar-refractivity contribution in [2.75, 3.05) is 0 Å². The predicted octanol–water partition coefficient (Wildman–Crippen LogP) is 17.4. The molecule has 0 rings (SSSR count). The van der Waals surface area contributed by atoms with Gasteiger partial charge in [0.05, 0.1) is 24.4 Å². The molecule has 0 aliphatic heterocycles. The second kappa shape index (κ2) is 44.0. The van der Waals surface area contributed by atoms with Crippen LogP contribution in [0.4, 0.5) is 0 Å². The molecule has 0 radical (unpaired) electrons. The zero-order chi connectivity index (χ0) is 40.5. The lowest BCUT2D eigenvalue weighted by Gasteiger charge is -2.29. The van der Waals surface area contributed by atoms with Gasteiger partial charge in [0, 0.05) is 10.8 Å². The van der Waals surface area contributed by atoms with Gasteiger partial charge in [-0.2, -0.15) is 0 Å². The molecule has 0 aromatic rings. The van der Waals surface area contributed by atoms with Gasteiger partial charge in [0.25, 0.3) is 0 Å². The van der Waals surface area contributed by atoms with E-state index >= 15 is 0 Å². The topological polar surface area (TPSA) is 49.7 Å². The first-order valence-electron chi connectivity index (χ1n) is 25.1. The molecule has 332 valence electrons. The van der Waals surface area contributed by atoms with E-state index in [2.05, 4.69) is 13.8 Å². The van der Waals surface area contributed by atoms with Gasteiger partial charge < -0.3 is 14.9 Å². The molecule has 0 aliphatic carbocycles. The molecule has 0 fully saturated rings. The minimum atomic E-state index is -0.442. The smallest absolute Gasteiger partial charge is 0.0617 e. The van der Waals surface area contributed by atoms with E-state index in [9.17, 15) is 10.2 Å². The Morgan fingerprint density at radius 1 is 0.327 bits per heavy atom. The maximum atomic E-state index is 10.3. The molecule has 3 nitrogen and oxygen atoms in total. The molecular formula is C50H100Cl2O3. The minimum Gasteiger partial charge on any atom is -0.393 e. The molecule has 6 atom stereocenters. The fourth-order valence-corrected chi connectivity index (χ4v) is 9.14. The van der Waals surface area contributed by atoms with Gasteiger partial charge in [-0.15, -0.1) is 23.2 Å². The summed E-state index contributed by atoms with van der Waals surface area (Å²) < 4.78 is 6.60. The Morgan fingerprint density at radius 3 is 0.727 bits per heavy atom. The van der Waals surface area contributed by atoms with Gasteiger partial charge in [-0.05, 0) is 52.4 Å². The summed E-state index contributed by atoms with van der Waals surface area (Å²) in [5.41, 5.74) is 0. The van der Waals surface area contributed by atoms with Crippen LogP contribution in [0.3, 0.4) is 0 Å². The molecule has 0 aliphatic rings. The summed E-state index contributed by atoms with van der Waals surface area (Å²) in [6.07, 6.45) is 50.5. The number of hydrogen-bond acceptors (Lipinski definition) is 3. The zero-order valence-electron chi connectivity index (χ0n) is 37.8. The molecule has 0 amide bonds. The molecule has 0 spiro atoms. The number of halogens is 2. The molecule has 6 unspecified atom stereocenters. The molecule has 2 N–H and O–H groups in total. The summed E-state index contributed by atoms with van der Waals surface area (Å²) in [5.74, 6) is 0. The maximum Gasteiger partial charge on any atom is 0.0617 e. The third-order valence-electron chi connectivity index (χ3n) is 11.9. The number of aliphatic hydroxyl groups excluding tert-OH is 2. The third-order valence-corrected chi connectivity index (χ3v) is 12.7. The highest BCUT2D eigenvalue weighted by Gasteiger charge is 2.24. The Bertz CT molecular complexity index is 661. The lowest BCUT2D eigenvalue weighted by Crippen LogP contribution is -2.31. The van der Waals surface area contributed by atoms with Crippen molar-refractivity contribution < 1.29 is 14.9 Å². The average molecular weight is 820 g/mol. The summed E-state index contributed by atoms with van der Waals surface area (Å²) in [6, 6.07) is 0. The van der Waals surface area contributed by atoms with Crippen molar-refractivity contribution >= 4 is 23.2 Å². The van der Waals surface area contributed by atoms with Crippen LogP contribution < -0.4 is 0 Å². The van der Waals surface area contributed by atoms with Crippen LogP contribution in [0.1, 0.15) is 285 Å². The number of rotatable bonds is 46. The van der Waals surface area contributed by atoms with Crippen molar-refractivity contribution in [1.82, 2.24) is 0 Å². The van der Waals surface area contributed by atoms with Crippen LogP contribution in [-0.4, -0.2) is 45.4 Å². The Hall–Kier alpha value is 0.460. The Kier molecular flexibility index (Phi) is 44.4. The highest BCUT2D eigenvalue weighted by Crippen LogP contribution is 2.26. The molecule has 0 aromatic heterocycles. The van der Waals surface area contributed by atoms with E-state index in [0.29, 0.717) is 12.8 Å². The SMILES string of the molecule is CCCCCCCCCCCCCCCCCCCC(Cl)CC(CC(C)O)OC(CC(C)O)CC(Cl)CCCCCCCCCCCCCCCCCCC. The number of alkyl halides is 2. The zero-order valence-corrected chi connectivity index (χ0v) is 39.3. The van der Waals surface area contributed by atoms with Crippen molar-refractivity contribution in [3.8, 4) is 0 Å². The van der Waals surface area contributed by atoms with Crippen molar-refractivity contribution in [2.45, 2.75) is 320 Å². The average Bonchev–Trinajstić information content (AvgIpc) is 3.13. The van der Waals surface area contributed by atoms with Gasteiger partial charge in [-0.1, -0.05) is 232 Å². The van der Waals surface area contributed by atoms with Gasteiger partial charge in [-0.25, -0.2) is 0 Å². The Labute approximate surface area is 356 Å². The predicted molar refractivity (Wildman–Crippen MR) is 247 cm³/mol. The monoisotopic (exact) mass is 819 g/mol. The maximum absolute atomic E-state index is 10.3. The van der Waals surface area contributed by atoms with Crippen LogP contribution >= 0.6 is 23.2 Å². The van der Waals surface area contributed by atoms with Crippen LogP contribution in [0.5, 0.6) is 0 Å². The van der Waals surface area contributed by atoms with Crippen molar-refractivity contribution in [3.05, 3.63) is 0 Å². The van der Waals surface area contributed by atoms with E-state index in [1.54, 1.807) is 0 Å². The lowest BCUT2D eigenvalue weighted by molar-refractivity contribution is -0.0574. The molecule has 5 heteroatoms. The molecule has 0 bridgehead atoms. The second-order valence-electron chi connectivity index (χ2n) is 18.1. The van der Waals surface area contributed by atoms with E-state index in [0.717, 1.165) is 38.5 Å². The standard InChI is InChI=1S/C50H100Cl2O3/c1-5-7-9-11-13-15-17-19-21-23-25-27-29-31-33-35-37-39-47(51)43-49(41-45(3)53)55-50(42-46(4)54)44-48(52)40-38-36-34-32-30-28-26-24-22-20-18-16-14-12-10-8-6-2/h45-50,53-54H,5-44H2,1-4H3. The third kappa shape index (κ3) is 43.9. The van der Waals surface area contributed by atoms with Gasteiger partial charge >= 0.3 is 0 Å². The summed E-state index contributed by atoms with van der Waals surface area (Å²) >= 11 is 13.7. The summed E-state index contributed by atoms with van der Waals surface area (Å²) in [6.45, 7) is 8.26. The van der Waals surface area contributed by atoms with Crippen LogP contribution in [0.25, 0.3) is 0 Å². The normalized spacial score (nSPS) is 15.3. The Balaban J connectivity index is 4.05. The fourth-order valence-electron chi connectivity index (χ4n) is 8.44. The van der Waals surface area contributed by atoms with Crippen molar-refractivity contribution in [2.24, 2.45) is 0 Å². The van der Waals surface area contributed by atoms with E-state index in [1.165, 1.54) is 205 Å². The number of aliphatic hydroxyl groups is 2. The molecule has 0 saturated heterocycles. The number of unbranched alkanes of at least 4 members (excludes halogenated alkanes) is 32. The molecule has 0 saturated carbocycles. The lowest BCUT2D eigenvalue weighted by atomic mass is 10.00. The molecule has 0 heterocycles. The first kappa shape index (κ1) is 55.5. The van der Waals surface area contributed by atoms with E-state index in [1.807, 2.05) is 13.8 Å². The second-order valence-corrected chi connectivity index (χ2v) is 19.3. The van der Waals surface area contributed by atoms with Gasteiger partial charge in [-0.3, -0.25) is 0 Å². The largest absolute Gasteiger partial charge is 0.393 e. The first-order chi connectivity index (χ1) is 26.8. The van der Waals surface area contributed by atoms with E-state index < -0.39 is 12.2 Å². The minimum absolute atomic E-state index is 0.0500. The van der Waals surface area contributed by atoms with Crippen LogP contribution in [0.15, 0.2) is 0 Å². The quantitative estimate of drug-likeness (QED) is 0.0475. The Morgan fingerprint density at radius 2 is 0.527 bits per heavy atom. The van der Waals surface area contributed by atoms with Gasteiger partial charge in [0.15, 0.2) is 0 Å². The molecule has 0 aromatic carbocycles. The highest BCUT2D eigenvalue weighted by atomic mass is 35.5. The highest BCUT2D eigenvalue weighted by molar-refractivity contribution is 6.20. The number of hydrogen-bond donors (Lipinski definition) is 2. The first-order valence-corrected chi connectivity index (χ1v) is 25.9. The van der Waals surface area contributed by atoms with Crippen molar-refractivity contribution in [1.29, 1.82) is 0 Å². The van der Waals surface area contributed by atoms with Crippen LogP contribution in [-0.2, 0) is 4.74 Å². The summed E-state index contributed by atoms with van der Waals surface area (Å²) in [5, 5.41) is 20.6. The van der Waals surface area contributed by atoms with E-state index in [-0.39, 0.29) is 23.0 Å². The van der Waals surface area contributed by atoms with Crippen molar-refractivity contribution in [3.63, 3.8) is 0 Å². The van der Waals surface area contributed by atoms with Crippen LogP contribution in [0, 0.1) is 0 Å². The van der Waals surface area contributed by atoms with Crippen LogP contribution in [0.2, 0.25) is 0 Å². The number of ether oxygens (including phenoxy) is 1. The summed E-state index contributed by atoms with van der Waals surface area (Å²) in [7, 11) is 0. The summed E-state index contributed by atoms with van der Waals surface area (Å²) in [4.78, 5) is 0. The fraction of sp³-hybridized carbons (Fsp3) is 1.00. The van der Waals surface area contributed by atoms with E-state index in [4.69, 9.17) is 27.9 Å². The van der Waals surface area contributed by atoms with Gasteiger partial charge in [0.1, 0.15) is 0 Å². The van der Waals surface area contributed by atoms with Gasteiger partial charge in [0.2, 0.25) is 0 Å². The molecule has 55 heavy (non-hydrogen) atoms. The molecular weight excluding hydrogens is 719 g/mol.